The third-order valence-electron chi connectivity index (χ3n) is 3.65. The average Bonchev–Trinajstić information content (AvgIpc) is 2.59. The SMILES string of the molecule is CN(c1ccc(F)c(O)c1)c1cccc(-c2cccc(O)c2F)n1. The van der Waals surface area contributed by atoms with Gasteiger partial charge in [0.25, 0.3) is 0 Å². The Kier molecular flexibility index (Phi) is 4.04. The fourth-order valence-corrected chi connectivity index (χ4v) is 2.32. The van der Waals surface area contributed by atoms with Gasteiger partial charge in [0.1, 0.15) is 5.82 Å². The highest BCUT2D eigenvalue weighted by Crippen LogP contribution is 2.31. The summed E-state index contributed by atoms with van der Waals surface area (Å²) in [6.07, 6.45) is 0. The van der Waals surface area contributed by atoms with Crippen LogP contribution in [0.1, 0.15) is 0 Å². The Balaban J connectivity index is 2.01. The zero-order valence-corrected chi connectivity index (χ0v) is 12.7. The van der Waals surface area contributed by atoms with Crippen LogP contribution in [-0.4, -0.2) is 22.2 Å². The van der Waals surface area contributed by atoms with Crippen molar-refractivity contribution in [1.29, 1.82) is 0 Å². The molecule has 0 fully saturated rings. The zero-order chi connectivity index (χ0) is 17.3. The summed E-state index contributed by atoms with van der Waals surface area (Å²) in [5.41, 5.74) is 1.04. The molecule has 2 N–H and O–H groups in total. The first kappa shape index (κ1) is 15.7. The van der Waals surface area contributed by atoms with Gasteiger partial charge in [0.05, 0.1) is 5.69 Å². The summed E-state index contributed by atoms with van der Waals surface area (Å²) in [6, 6.07) is 13.3. The molecule has 3 aromatic rings. The first-order chi connectivity index (χ1) is 11.5. The molecule has 24 heavy (non-hydrogen) atoms. The van der Waals surface area contributed by atoms with Crippen LogP contribution in [-0.2, 0) is 0 Å². The molecule has 3 rings (SSSR count). The first-order valence-corrected chi connectivity index (χ1v) is 7.14. The predicted molar refractivity (Wildman–Crippen MR) is 87.4 cm³/mol. The van der Waals surface area contributed by atoms with E-state index in [0.717, 1.165) is 6.07 Å². The quantitative estimate of drug-likeness (QED) is 0.756. The van der Waals surface area contributed by atoms with E-state index in [4.69, 9.17) is 0 Å². The van der Waals surface area contributed by atoms with Crippen molar-refractivity contribution in [2.75, 3.05) is 11.9 Å². The number of aromatic hydroxyl groups is 2. The van der Waals surface area contributed by atoms with E-state index in [2.05, 4.69) is 4.98 Å². The number of rotatable bonds is 3. The topological polar surface area (TPSA) is 56.6 Å². The van der Waals surface area contributed by atoms with Crippen LogP contribution >= 0.6 is 0 Å². The van der Waals surface area contributed by atoms with E-state index in [1.54, 1.807) is 30.1 Å². The lowest BCUT2D eigenvalue weighted by atomic mass is 10.1. The molecule has 0 radical (unpaired) electrons. The molecule has 0 atom stereocenters. The zero-order valence-electron chi connectivity index (χ0n) is 12.7. The summed E-state index contributed by atoms with van der Waals surface area (Å²) in [5.74, 6) is -1.90. The minimum atomic E-state index is -0.746. The maximum absolute atomic E-state index is 14.1. The molecule has 6 heteroatoms. The van der Waals surface area contributed by atoms with Crippen LogP contribution in [0.3, 0.4) is 0 Å². The van der Waals surface area contributed by atoms with Gasteiger partial charge in [-0.2, -0.15) is 0 Å². The van der Waals surface area contributed by atoms with Gasteiger partial charge in [-0.05, 0) is 36.4 Å². The van der Waals surface area contributed by atoms with Gasteiger partial charge in [-0.25, -0.2) is 13.8 Å². The highest BCUT2D eigenvalue weighted by Gasteiger charge is 2.13. The highest BCUT2D eigenvalue weighted by atomic mass is 19.1. The maximum atomic E-state index is 14.1. The highest BCUT2D eigenvalue weighted by molar-refractivity contribution is 5.67. The van der Waals surface area contributed by atoms with Crippen molar-refractivity contribution in [3.63, 3.8) is 0 Å². The van der Waals surface area contributed by atoms with Crippen molar-refractivity contribution in [2.45, 2.75) is 0 Å². The van der Waals surface area contributed by atoms with Crippen LogP contribution in [0.15, 0.2) is 54.6 Å². The van der Waals surface area contributed by atoms with E-state index in [9.17, 15) is 19.0 Å². The summed E-state index contributed by atoms with van der Waals surface area (Å²) >= 11 is 0. The number of benzene rings is 2. The Bertz CT molecular complexity index is 900. The molecule has 1 aromatic heterocycles. The van der Waals surface area contributed by atoms with Crippen LogP contribution in [0.25, 0.3) is 11.3 Å². The summed E-state index contributed by atoms with van der Waals surface area (Å²) in [7, 11) is 1.69. The van der Waals surface area contributed by atoms with Gasteiger partial charge < -0.3 is 15.1 Å². The number of pyridine rings is 1. The van der Waals surface area contributed by atoms with Crippen LogP contribution < -0.4 is 4.90 Å². The maximum Gasteiger partial charge on any atom is 0.174 e. The van der Waals surface area contributed by atoms with Crippen molar-refractivity contribution in [1.82, 2.24) is 4.98 Å². The van der Waals surface area contributed by atoms with E-state index in [-0.39, 0.29) is 5.56 Å². The molecular formula is C18H14F2N2O2. The van der Waals surface area contributed by atoms with Crippen LogP contribution in [0.5, 0.6) is 11.5 Å². The Morgan fingerprint density at radius 2 is 1.67 bits per heavy atom. The number of halogens is 2. The Morgan fingerprint density at radius 3 is 2.42 bits per heavy atom. The number of phenolic OH excluding ortho intramolecular Hbond substituents is 2. The third-order valence-corrected chi connectivity index (χ3v) is 3.65. The Morgan fingerprint density at radius 1 is 0.917 bits per heavy atom. The minimum Gasteiger partial charge on any atom is -0.505 e. The second-order valence-corrected chi connectivity index (χ2v) is 5.21. The lowest BCUT2D eigenvalue weighted by molar-refractivity contribution is 0.432. The standard InChI is InChI=1S/C18H14F2N2O2/c1-22(11-8-9-13(19)16(24)10-11)17-7-3-5-14(21-17)12-4-2-6-15(23)18(12)20/h2-10,23-24H,1H3. The minimum absolute atomic E-state index is 0.173. The van der Waals surface area contributed by atoms with Crippen LogP contribution in [0, 0.1) is 11.6 Å². The van der Waals surface area contributed by atoms with Crippen molar-refractivity contribution >= 4 is 11.5 Å². The molecule has 0 unspecified atom stereocenters. The molecule has 122 valence electrons. The number of phenols is 2. The first-order valence-electron chi connectivity index (χ1n) is 7.14. The Hall–Kier alpha value is -3.15. The molecule has 0 bridgehead atoms. The van der Waals surface area contributed by atoms with Gasteiger partial charge in [0, 0.05) is 24.4 Å². The van der Waals surface area contributed by atoms with Crippen LogP contribution in [0.4, 0.5) is 20.3 Å². The van der Waals surface area contributed by atoms with Crippen molar-refractivity contribution in [2.24, 2.45) is 0 Å². The second kappa shape index (κ2) is 6.16. The molecule has 0 amide bonds. The lowest BCUT2D eigenvalue weighted by Gasteiger charge is -2.19. The summed E-state index contributed by atoms with van der Waals surface area (Å²) in [6.45, 7) is 0. The normalized spacial score (nSPS) is 10.6. The van der Waals surface area contributed by atoms with Gasteiger partial charge in [-0.15, -0.1) is 0 Å². The van der Waals surface area contributed by atoms with Gasteiger partial charge in [-0.3, -0.25) is 0 Å². The van der Waals surface area contributed by atoms with Crippen molar-refractivity contribution < 1.29 is 19.0 Å². The van der Waals surface area contributed by atoms with Gasteiger partial charge >= 0.3 is 0 Å². The molecule has 0 saturated carbocycles. The molecule has 0 spiro atoms. The summed E-state index contributed by atoms with van der Waals surface area (Å²) in [4.78, 5) is 6.00. The molecule has 0 aliphatic heterocycles. The molecule has 0 aliphatic carbocycles. The Labute approximate surface area is 137 Å². The monoisotopic (exact) mass is 328 g/mol. The largest absolute Gasteiger partial charge is 0.505 e. The fourth-order valence-electron chi connectivity index (χ4n) is 2.32. The average molecular weight is 328 g/mol. The molecule has 0 aliphatic rings. The van der Waals surface area contributed by atoms with E-state index < -0.39 is 23.1 Å². The third kappa shape index (κ3) is 2.86. The molecular weight excluding hydrogens is 314 g/mol. The number of anilines is 2. The smallest absolute Gasteiger partial charge is 0.174 e. The van der Waals surface area contributed by atoms with Gasteiger partial charge in [0.15, 0.2) is 23.1 Å². The predicted octanol–water partition coefficient (Wildman–Crippen LogP) is 4.21. The lowest BCUT2D eigenvalue weighted by Crippen LogP contribution is -2.11. The van der Waals surface area contributed by atoms with E-state index in [0.29, 0.717) is 17.2 Å². The van der Waals surface area contributed by atoms with E-state index in [1.165, 1.54) is 30.3 Å². The molecule has 0 saturated heterocycles. The van der Waals surface area contributed by atoms with Gasteiger partial charge in [0.2, 0.25) is 0 Å². The number of nitrogens with zero attached hydrogens (tertiary/aromatic N) is 2. The van der Waals surface area contributed by atoms with Crippen molar-refractivity contribution in [3.8, 4) is 22.8 Å². The second-order valence-electron chi connectivity index (χ2n) is 5.21. The number of aromatic nitrogens is 1. The number of hydrogen-bond acceptors (Lipinski definition) is 4. The van der Waals surface area contributed by atoms with E-state index >= 15 is 0 Å². The molecule has 1 heterocycles. The van der Waals surface area contributed by atoms with Crippen molar-refractivity contribution in [3.05, 3.63) is 66.2 Å². The number of hydrogen-bond donors (Lipinski definition) is 2. The van der Waals surface area contributed by atoms with E-state index in [1.807, 2.05) is 0 Å². The summed E-state index contributed by atoms with van der Waals surface area (Å²) in [5, 5.41) is 19.0. The summed E-state index contributed by atoms with van der Waals surface area (Å²) < 4.78 is 27.2. The van der Waals surface area contributed by atoms with Crippen LogP contribution in [0.2, 0.25) is 0 Å². The fraction of sp³-hybridized carbons (Fsp3) is 0.0556. The van der Waals surface area contributed by atoms with Gasteiger partial charge in [-0.1, -0.05) is 12.1 Å². The molecule has 2 aromatic carbocycles. The molecule has 4 nitrogen and oxygen atoms in total.